The highest BCUT2D eigenvalue weighted by molar-refractivity contribution is 9.11. The predicted molar refractivity (Wildman–Crippen MR) is 68.7 cm³/mol. The van der Waals surface area contributed by atoms with Crippen LogP contribution in [0.2, 0.25) is 0 Å². The lowest BCUT2D eigenvalue weighted by Crippen LogP contribution is -2.07. The van der Waals surface area contributed by atoms with Crippen molar-refractivity contribution in [2.24, 2.45) is 0 Å². The zero-order valence-electron chi connectivity index (χ0n) is 8.32. The second kappa shape index (κ2) is 6.59. The Balaban J connectivity index is 2.45. The van der Waals surface area contributed by atoms with Crippen LogP contribution in [0.3, 0.4) is 0 Å². The van der Waals surface area contributed by atoms with E-state index in [1.807, 2.05) is 7.05 Å². The van der Waals surface area contributed by atoms with Gasteiger partial charge in [-0.3, -0.25) is 0 Å². The first kappa shape index (κ1) is 12.2. The zero-order valence-corrected chi connectivity index (χ0v) is 11.5. The second-order valence-electron chi connectivity index (χ2n) is 3.30. The molecule has 0 radical (unpaired) electrons. The topological polar surface area (TPSA) is 12.0 Å². The van der Waals surface area contributed by atoms with Crippen molar-refractivity contribution >= 4 is 31.9 Å². The van der Waals surface area contributed by atoms with E-state index in [2.05, 4.69) is 55.4 Å². The lowest BCUT2D eigenvalue weighted by Gasteiger charge is -2.05. The fourth-order valence-electron chi connectivity index (χ4n) is 1.35. The fourth-order valence-corrected chi connectivity index (χ4v) is 2.21. The Kier molecular flexibility index (Phi) is 5.75. The molecule has 0 spiro atoms. The van der Waals surface area contributed by atoms with E-state index in [0.29, 0.717) is 0 Å². The van der Waals surface area contributed by atoms with Crippen LogP contribution in [0.25, 0.3) is 0 Å². The Bertz CT molecular complexity index is 287. The summed E-state index contributed by atoms with van der Waals surface area (Å²) in [6, 6.07) is 6.34. The average molecular weight is 321 g/mol. The molecule has 1 aromatic carbocycles. The van der Waals surface area contributed by atoms with Crippen molar-refractivity contribution in [2.45, 2.75) is 19.3 Å². The molecule has 0 bridgehead atoms. The molecule has 1 N–H and O–H groups in total. The van der Waals surface area contributed by atoms with Crippen LogP contribution in [0.4, 0.5) is 0 Å². The van der Waals surface area contributed by atoms with Gasteiger partial charge in [0.05, 0.1) is 0 Å². The van der Waals surface area contributed by atoms with E-state index >= 15 is 0 Å². The number of hydrogen-bond acceptors (Lipinski definition) is 1. The number of hydrogen-bond donors (Lipinski definition) is 1. The summed E-state index contributed by atoms with van der Waals surface area (Å²) in [6.07, 6.45) is 3.60. The summed E-state index contributed by atoms with van der Waals surface area (Å²) >= 11 is 7.05. The molecule has 0 amide bonds. The second-order valence-corrected chi connectivity index (χ2v) is 5.07. The van der Waals surface area contributed by atoms with Crippen molar-refractivity contribution in [1.29, 1.82) is 0 Å². The third kappa shape index (κ3) is 4.11. The van der Waals surface area contributed by atoms with E-state index in [1.54, 1.807) is 0 Å². The summed E-state index contributed by atoms with van der Waals surface area (Å²) < 4.78 is 2.37. The Morgan fingerprint density at radius 1 is 1.21 bits per heavy atom. The van der Waals surface area contributed by atoms with Gasteiger partial charge in [-0.25, -0.2) is 0 Å². The number of unbranched alkanes of at least 4 members (excludes halogenated alkanes) is 1. The number of halogens is 2. The maximum atomic E-state index is 3.56. The van der Waals surface area contributed by atoms with Gasteiger partial charge in [0.1, 0.15) is 0 Å². The molecule has 0 aliphatic carbocycles. The maximum absolute atomic E-state index is 3.56. The first-order chi connectivity index (χ1) is 6.74. The van der Waals surface area contributed by atoms with Gasteiger partial charge in [-0.15, -0.1) is 0 Å². The molecule has 0 heterocycles. The van der Waals surface area contributed by atoms with E-state index in [9.17, 15) is 0 Å². The molecule has 1 aromatic rings. The standard InChI is InChI=1S/C11H15Br2N/c1-14-7-3-2-4-9-8-10(12)5-6-11(9)13/h5-6,8,14H,2-4,7H2,1H3. The van der Waals surface area contributed by atoms with E-state index in [4.69, 9.17) is 0 Å². The SMILES string of the molecule is CNCCCCc1cc(Br)ccc1Br. The van der Waals surface area contributed by atoms with Crippen LogP contribution in [0, 0.1) is 0 Å². The van der Waals surface area contributed by atoms with Gasteiger partial charge in [-0.1, -0.05) is 31.9 Å². The van der Waals surface area contributed by atoms with Crippen LogP contribution >= 0.6 is 31.9 Å². The molecule has 0 fully saturated rings. The van der Waals surface area contributed by atoms with E-state index < -0.39 is 0 Å². The van der Waals surface area contributed by atoms with Crippen molar-refractivity contribution in [3.63, 3.8) is 0 Å². The Labute approximate surface area is 103 Å². The molecule has 3 heteroatoms. The van der Waals surface area contributed by atoms with Gasteiger partial charge < -0.3 is 5.32 Å². The van der Waals surface area contributed by atoms with Crippen molar-refractivity contribution in [3.05, 3.63) is 32.7 Å². The van der Waals surface area contributed by atoms with Crippen LogP contribution in [-0.2, 0) is 6.42 Å². The van der Waals surface area contributed by atoms with Crippen molar-refractivity contribution < 1.29 is 0 Å². The molecule has 0 saturated heterocycles. The van der Waals surface area contributed by atoms with E-state index in [0.717, 1.165) is 17.4 Å². The van der Waals surface area contributed by atoms with Crippen LogP contribution < -0.4 is 5.32 Å². The van der Waals surface area contributed by atoms with Gasteiger partial charge >= 0.3 is 0 Å². The van der Waals surface area contributed by atoms with Crippen LogP contribution in [0.1, 0.15) is 18.4 Å². The quantitative estimate of drug-likeness (QED) is 0.815. The molecular formula is C11H15Br2N. The minimum absolute atomic E-state index is 1.10. The predicted octanol–water partition coefficient (Wildman–Crippen LogP) is 3.75. The molecule has 78 valence electrons. The summed E-state index contributed by atoms with van der Waals surface area (Å²) in [4.78, 5) is 0. The van der Waals surface area contributed by atoms with Gasteiger partial charge in [0.15, 0.2) is 0 Å². The van der Waals surface area contributed by atoms with Gasteiger partial charge in [0.2, 0.25) is 0 Å². The van der Waals surface area contributed by atoms with Crippen LogP contribution in [0.5, 0.6) is 0 Å². The third-order valence-corrected chi connectivity index (χ3v) is 3.40. The summed E-state index contributed by atoms with van der Waals surface area (Å²) in [5.74, 6) is 0. The Hall–Kier alpha value is 0.140. The molecule has 1 rings (SSSR count). The Morgan fingerprint density at radius 2 is 2.00 bits per heavy atom. The number of nitrogens with one attached hydrogen (secondary N) is 1. The minimum atomic E-state index is 1.10. The third-order valence-electron chi connectivity index (χ3n) is 2.13. The minimum Gasteiger partial charge on any atom is -0.320 e. The summed E-state index contributed by atoms with van der Waals surface area (Å²) in [5.41, 5.74) is 1.38. The molecular weight excluding hydrogens is 306 g/mol. The number of rotatable bonds is 5. The Morgan fingerprint density at radius 3 is 2.71 bits per heavy atom. The monoisotopic (exact) mass is 319 g/mol. The van der Waals surface area contributed by atoms with Crippen molar-refractivity contribution in [2.75, 3.05) is 13.6 Å². The molecule has 0 aliphatic heterocycles. The molecule has 0 unspecified atom stereocenters. The van der Waals surface area contributed by atoms with Gasteiger partial charge in [-0.2, -0.15) is 0 Å². The van der Waals surface area contributed by atoms with Gasteiger partial charge in [0.25, 0.3) is 0 Å². The summed E-state index contributed by atoms with van der Waals surface area (Å²) in [7, 11) is 2.00. The lowest BCUT2D eigenvalue weighted by atomic mass is 10.1. The van der Waals surface area contributed by atoms with E-state index in [1.165, 1.54) is 22.9 Å². The largest absolute Gasteiger partial charge is 0.320 e. The van der Waals surface area contributed by atoms with Gasteiger partial charge in [0, 0.05) is 8.95 Å². The molecule has 0 aliphatic rings. The maximum Gasteiger partial charge on any atom is 0.0208 e. The fraction of sp³-hybridized carbons (Fsp3) is 0.455. The normalized spacial score (nSPS) is 10.5. The zero-order chi connectivity index (χ0) is 10.4. The highest BCUT2D eigenvalue weighted by Crippen LogP contribution is 2.22. The number of benzene rings is 1. The van der Waals surface area contributed by atoms with Gasteiger partial charge in [-0.05, 0) is 56.6 Å². The lowest BCUT2D eigenvalue weighted by molar-refractivity contribution is 0.676. The van der Waals surface area contributed by atoms with E-state index in [-0.39, 0.29) is 0 Å². The average Bonchev–Trinajstić information content (AvgIpc) is 2.18. The molecule has 0 saturated carbocycles. The highest BCUT2D eigenvalue weighted by Gasteiger charge is 2.00. The molecule has 0 atom stereocenters. The van der Waals surface area contributed by atoms with Crippen LogP contribution in [0.15, 0.2) is 27.1 Å². The smallest absolute Gasteiger partial charge is 0.0208 e. The molecule has 14 heavy (non-hydrogen) atoms. The van der Waals surface area contributed by atoms with Crippen molar-refractivity contribution in [3.8, 4) is 0 Å². The first-order valence-corrected chi connectivity index (χ1v) is 6.41. The highest BCUT2D eigenvalue weighted by atomic mass is 79.9. The first-order valence-electron chi connectivity index (χ1n) is 4.82. The summed E-state index contributed by atoms with van der Waals surface area (Å²) in [6.45, 7) is 1.10. The van der Waals surface area contributed by atoms with Crippen LogP contribution in [-0.4, -0.2) is 13.6 Å². The molecule has 0 aromatic heterocycles. The van der Waals surface area contributed by atoms with Crippen molar-refractivity contribution in [1.82, 2.24) is 5.32 Å². The number of aryl methyl sites for hydroxylation is 1. The summed E-state index contributed by atoms with van der Waals surface area (Å²) in [5, 5.41) is 3.16. The molecule has 1 nitrogen and oxygen atoms in total.